The van der Waals surface area contributed by atoms with E-state index in [0.717, 1.165) is 5.92 Å². The van der Waals surface area contributed by atoms with E-state index in [9.17, 15) is 0 Å². The van der Waals surface area contributed by atoms with Gasteiger partial charge in [0.1, 0.15) is 0 Å². The molecule has 1 atom stereocenters. The number of rotatable bonds is 4. The minimum atomic E-state index is 0.532. The van der Waals surface area contributed by atoms with Crippen molar-refractivity contribution in [2.45, 2.75) is 45.6 Å². The van der Waals surface area contributed by atoms with E-state index in [2.05, 4.69) is 31.3 Å². The van der Waals surface area contributed by atoms with Gasteiger partial charge in [0.05, 0.1) is 0 Å². The van der Waals surface area contributed by atoms with E-state index < -0.39 is 0 Å². The van der Waals surface area contributed by atoms with Crippen molar-refractivity contribution in [3.63, 3.8) is 0 Å². The predicted octanol–water partition coefficient (Wildman–Crippen LogP) is 3.90. The van der Waals surface area contributed by atoms with Crippen molar-refractivity contribution in [3.05, 3.63) is 21.9 Å². The quantitative estimate of drug-likeness (QED) is 0.816. The summed E-state index contributed by atoms with van der Waals surface area (Å²) in [5.41, 5.74) is 0. The van der Waals surface area contributed by atoms with E-state index in [1.165, 1.54) is 42.0 Å². The van der Waals surface area contributed by atoms with Gasteiger partial charge in [0.2, 0.25) is 0 Å². The van der Waals surface area contributed by atoms with Crippen LogP contribution in [0.2, 0.25) is 0 Å². The first-order chi connectivity index (χ1) is 7.25. The molecule has 0 aromatic carbocycles. The normalized spacial score (nSPS) is 19.6. The Balaban J connectivity index is 1.79. The average Bonchev–Trinajstić information content (AvgIpc) is 2.84. The van der Waals surface area contributed by atoms with Gasteiger partial charge in [-0.25, -0.2) is 0 Å². The highest BCUT2D eigenvalue weighted by Gasteiger charge is 2.16. The summed E-state index contributed by atoms with van der Waals surface area (Å²) in [6.07, 6.45) is 5.75. The van der Waals surface area contributed by atoms with Crippen LogP contribution in [0.4, 0.5) is 0 Å². The third kappa shape index (κ3) is 3.05. The van der Waals surface area contributed by atoms with Gasteiger partial charge in [-0.3, -0.25) is 0 Å². The lowest BCUT2D eigenvalue weighted by Gasteiger charge is -2.15. The second-order valence-electron chi connectivity index (χ2n) is 4.73. The van der Waals surface area contributed by atoms with E-state index >= 15 is 0 Å². The SMILES string of the molecule is Cc1ccc(C(C)NCC2CCCC2)s1. The smallest absolute Gasteiger partial charge is 0.0386 e. The second kappa shape index (κ2) is 5.13. The molecule has 1 nitrogen and oxygen atoms in total. The average molecular weight is 223 g/mol. The molecule has 1 aromatic rings. The van der Waals surface area contributed by atoms with E-state index in [0.29, 0.717) is 6.04 Å². The lowest BCUT2D eigenvalue weighted by Crippen LogP contribution is -2.23. The Morgan fingerprint density at radius 1 is 1.40 bits per heavy atom. The topological polar surface area (TPSA) is 12.0 Å². The predicted molar refractivity (Wildman–Crippen MR) is 67.4 cm³/mol. The van der Waals surface area contributed by atoms with Gasteiger partial charge < -0.3 is 5.32 Å². The fraction of sp³-hybridized carbons (Fsp3) is 0.692. The molecule has 1 unspecified atom stereocenters. The lowest BCUT2D eigenvalue weighted by molar-refractivity contribution is 0.455. The van der Waals surface area contributed by atoms with Gasteiger partial charge in [-0.05, 0) is 51.3 Å². The van der Waals surface area contributed by atoms with Crippen LogP contribution in [0.25, 0.3) is 0 Å². The number of nitrogens with one attached hydrogen (secondary N) is 1. The molecule has 0 aliphatic heterocycles. The summed E-state index contributed by atoms with van der Waals surface area (Å²) < 4.78 is 0. The molecular weight excluding hydrogens is 202 g/mol. The van der Waals surface area contributed by atoms with Crippen molar-refractivity contribution in [2.24, 2.45) is 5.92 Å². The van der Waals surface area contributed by atoms with E-state index in [4.69, 9.17) is 0 Å². The Morgan fingerprint density at radius 2 is 2.13 bits per heavy atom. The van der Waals surface area contributed by atoms with E-state index in [-0.39, 0.29) is 0 Å². The third-order valence-corrected chi connectivity index (χ3v) is 4.56. The van der Waals surface area contributed by atoms with Gasteiger partial charge in [0.25, 0.3) is 0 Å². The number of hydrogen-bond donors (Lipinski definition) is 1. The van der Waals surface area contributed by atoms with Crippen LogP contribution < -0.4 is 5.32 Å². The molecule has 0 bridgehead atoms. The molecule has 2 heteroatoms. The first kappa shape index (κ1) is 11.2. The summed E-state index contributed by atoms with van der Waals surface area (Å²) in [6.45, 7) is 5.66. The molecule has 1 heterocycles. The van der Waals surface area contributed by atoms with Gasteiger partial charge in [-0.1, -0.05) is 12.8 Å². The van der Waals surface area contributed by atoms with Crippen molar-refractivity contribution < 1.29 is 0 Å². The third-order valence-electron chi connectivity index (χ3n) is 3.38. The van der Waals surface area contributed by atoms with Crippen LogP contribution in [0.15, 0.2) is 12.1 Å². The standard InChI is InChI=1S/C13H21NS/c1-10-7-8-13(15-10)11(2)14-9-12-5-3-4-6-12/h7-8,11-12,14H,3-6,9H2,1-2H3. The van der Waals surface area contributed by atoms with Crippen LogP contribution in [0.1, 0.15) is 48.4 Å². The van der Waals surface area contributed by atoms with E-state index in [1.807, 2.05) is 11.3 Å². The van der Waals surface area contributed by atoms with Crippen molar-refractivity contribution in [2.75, 3.05) is 6.54 Å². The van der Waals surface area contributed by atoms with E-state index in [1.54, 1.807) is 0 Å². The molecule has 84 valence electrons. The zero-order valence-electron chi connectivity index (χ0n) is 9.75. The first-order valence-electron chi connectivity index (χ1n) is 6.05. The molecule has 1 aliphatic carbocycles. The fourth-order valence-electron chi connectivity index (χ4n) is 2.34. The fourth-order valence-corrected chi connectivity index (χ4v) is 3.25. The van der Waals surface area contributed by atoms with Crippen LogP contribution in [-0.2, 0) is 0 Å². The summed E-state index contributed by atoms with van der Waals surface area (Å²) in [6, 6.07) is 5.00. The molecule has 1 aromatic heterocycles. The molecule has 0 spiro atoms. The minimum Gasteiger partial charge on any atom is -0.309 e. The summed E-state index contributed by atoms with van der Waals surface area (Å²) in [7, 11) is 0. The van der Waals surface area contributed by atoms with Crippen LogP contribution >= 0.6 is 11.3 Å². The molecule has 0 saturated heterocycles. The molecule has 1 N–H and O–H groups in total. The summed E-state index contributed by atoms with van der Waals surface area (Å²) in [4.78, 5) is 2.89. The maximum absolute atomic E-state index is 3.66. The molecule has 15 heavy (non-hydrogen) atoms. The van der Waals surface area contributed by atoms with Gasteiger partial charge in [0.15, 0.2) is 0 Å². The van der Waals surface area contributed by atoms with Gasteiger partial charge >= 0.3 is 0 Å². The Labute approximate surface area is 96.9 Å². The van der Waals surface area contributed by atoms with Gasteiger partial charge in [0, 0.05) is 15.8 Å². The molecule has 1 fully saturated rings. The zero-order valence-corrected chi connectivity index (χ0v) is 10.6. The van der Waals surface area contributed by atoms with Gasteiger partial charge in [-0.15, -0.1) is 11.3 Å². The van der Waals surface area contributed by atoms with Crippen LogP contribution in [0, 0.1) is 12.8 Å². The maximum atomic E-state index is 3.66. The largest absolute Gasteiger partial charge is 0.309 e. The zero-order chi connectivity index (χ0) is 10.7. The Hall–Kier alpha value is -0.340. The number of aryl methyl sites for hydroxylation is 1. The van der Waals surface area contributed by atoms with Gasteiger partial charge in [-0.2, -0.15) is 0 Å². The Morgan fingerprint density at radius 3 is 2.73 bits per heavy atom. The molecule has 2 rings (SSSR count). The molecule has 0 amide bonds. The minimum absolute atomic E-state index is 0.532. The summed E-state index contributed by atoms with van der Waals surface area (Å²) in [5.74, 6) is 0.938. The second-order valence-corrected chi connectivity index (χ2v) is 6.05. The molecule has 1 aliphatic rings. The highest BCUT2D eigenvalue weighted by molar-refractivity contribution is 7.12. The maximum Gasteiger partial charge on any atom is 0.0386 e. The van der Waals surface area contributed by atoms with Crippen molar-refractivity contribution in [1.82, 2.24) is 5.32 Å². The van der Waals surface area contributed by atoms with Crippen LogP contribution in [0.5, 0.6) is 0 Å². The van der Waals surface area contributed by atoms with Crippen molar-refractivity contribution >= 4 is 11.3 Å². The monoisotopic (exact) mass is 223 g/mol. The van der Waals surface area contributed by atoms with Crippen LogP contribution in [-0.4, -0.2) is 6.54 Å². The molecule has 0 radical (unpaired) electrons. The summed E-state index contributed by atoms with van der Waals surface area (Å²) in [5, 5.41) is 3.66. The Kier molecular flexibility index (Phi) is 3.81. The van der Waals surface area contributed by atoms with Crippen LogP contribution in [0.3, 0.4) is 0 Å². The molecule has 1 saturated carbocycles. The first-order valence-corrected chi connectivity index (χ1v) is 6.87. The molecular formula is C13H21NS. The number of hydrogen-bond acceptors (Lipinski definition) is 2. The summed E-state index contributed by atoms with van der Waals surface area (Å²) >= 11 is 1.92. The number of thiophene rings is 1. The van der Waals surface area contributed by atoms with Crippen molar-refractivity contribution in [1.29, 1.82) is 0 Å². The van der Waals surface area contributed by atoms with Crippen molar-refractivity contribution in [3.8, 4) is 0 Å². The Bertz CT molecular complexity index is 299. The highest BCUT2D eigenvalue weighted by atomic mass is 32.1. The highest BCUT2D eigenvalue weighted by Crippen LogP contribution is 2.26. The lowest BCUT2D eigenvalue weighted by atomic mass is 10.1.